The summed E-state index contributed by atoms with van der Waals surface area (Å²) in [7, 11) is 0. The van der Waals surface area contributed by atoms with Crippen molar-refractivity contribution in [1.82, 2.24) is 5.32 Å². The third-order valence-electron chi connectivity index (χ3n) is 5.37. The number of hydrogen-bond donors (Lipinski definition) is 1. The van der Waals surface area contributed by atoms with Crippen LogP contribution in [0.5, 0.6) is 0 Å². The lowest BCUT2D eigenvalue weighted by atomic mass is 9.84. The van der Waals surface area contributed by atoms with Crippen molar-refractivity contribution < 1.29 is 0 Å². The Bertz CT molecular complexity index is 728. The highest BCUT2D eigenvalue weighted by atomic mass is 35.5. The summed E-state index contributed by atoms with van der Waals surface area (Å²) < 4.78 is 0. The van der Waals surface area contributed by atoms with Gasteiger partial charge in [0.2, 0.25) is 0 Å². The second-order valence-electron chi connectivity index (χ2n) is 7.41. The molecule has 0 amide bonds. The molecule has 0 spiro atoms. The predicted molar refractivity (Wildman–Crippen MR) is 121 cm³/mol. The molecule has 1 saturated carbocycles. The quantitative estimate of drug-likeness (QED) is 0.501. The highest BCUT2D eigenvalue weighted by molar-refractivity contribution is 6.39. The van der Waals surface area contributed by atoms with Crippen LogP contribution in [-0.2, 0) is 6.42 Å². The smallest absolute Gasteiger partial charge is 0.0502 e. The maximum atomic E-state index is 6.55. The maximum absolute atomic E-state index is 6.55. The lowest BCUT2D eigenvalue weighted by molar-refractivity contribution is 0.292. The molecular weight excluding hydrogens is 397 g/mol. The molecule has 0 aromatic heterocycles. The zero-order chi connectivity index (χ0) is 18.5. The van der Waals surface area contributed by atoms with Crippen molar-refractivity contribution in [2.24, 2.45) is 5.92 Å². The SMILES string of the molecule is C=C(Cc1cc(Cl)c(-c2ccccc2)c(Cl)c1)NC(C)C1CCCCC1.Cl. The third-order valence-corrected chi connectivity index (χ3v) is 5.97. The van der Waals surface area contributed by atoms with Gasteiger partial charge in [-0.3, -0.25) is 0 Å². The number of allylic oxidation sites excluding steroid dienone is 1. The Labute approximate surface area is 179 Å². The molecule has 146 valence electrons. The Hall–Kier alpha value is -1.15. The van der Waals surface area contributed by atoms with Gasteiger partial charge in [0.1, 0.15) is 0 Å². The van der Waals surface area contributed by atoms with Crippen LogP contribution >= 0.6 is 35.6 Å². The summed E-state index contributed by atoms with van der Waals surface area (Å²) in [4.78, 5) is 0. The third kappa shape index (κ3) is 5.91. The molecule has 1 unspecified atom stereocenters. The van der Waals surface area contributed by atoms with Crippen molar-refractivity contribution in [3.05, 3.63) is 70.3 Å². The first-order valence-electron chi connectivity index (χ1n) is 9.52. The van der Waals surface area contributed by atoms with Crippen LogP contribution in [-0.4, -0.2) is 6.04 Å². The van der Waals surface area contributed by atoms with E-state index in [9.17, 15) is 0 Å². The van der Waals surface area contributed by atoms with Crippen molar-refractivity contribution in [3.63, 3.8) is 0 Å². The number of rotatable bonds is 6. The monoisotopic (exact) mass is 423 g/mol. The van der Waals surface area contributed by atoms with Gasteiger partial charge in [-0.15, -0.1) is 12.4 Å². The fourth-order valence-electron chi connectivity index (χ4n) is 3.98. The average Bonchev–Trinajstić information content (AvgIpc) is 2.62. The molecule has 1 atom stereocenters. The fourth-order valence-corrected chi connectivity index (χ4v) is 4.73. The van der Waals surface area contributed by atoms with Gasteiger partial charge in [0.05, 0.1) is 10.0 Å². The summed E-state index contributed by atoms with van der Waals surface area (Å²) in [6, 6.07) is 14.5. The number of hydrogen-bond acceptors (Lipinski definition) is 1. The van der Waals surface area contributed by atoms with Gasteiger partial charge in [-0.2, -0.15) is 0 Å². The summed E-state index contributed by atoms with van der Waals surface area (Å²) in [5, 5.41) is 4.98. The van der Waals surface area contributed by atoms with Gasteiger partial charge in [-0.25, -0.2) is 0 Å². The summed E-state index contributed by atoms with van der Waals surface area (Å²) in [6.45, 7) is 6.50. The van der Waals surface area contributed by atoms with Crippen LogP contribution in [0.15, 0.2) is 54.7 Å². The van der Waals surface area contributed by atoms with Crippen LogP contribution in [0.2, 0.25) is 10.0 Å². The second-order valence-corrected chi connectivity index (χ2v) is 8.23. The molecule has 1 fully saturated rings. The Morgan fingerprint density at radius 1 is 1.07 bits per heavy atom. The Morgan fingerprint density at radius 3 is 2.26 bits per heavy atom. The highest BCUT2D eigenvalue weighted by Crippen LogP contribution is 2.36. The molecule has 2 aromatic carbocycles. The molecule has 1 N–H and O–H groups in total. The van der Waals surface area contributed by atoms with E-state index in [1.54, 1.807) is 0 Å². The topological polar surface area (TPSA) is 12.0 Å². The largest absolute Gasteiger partial charge is 0.386 e. The Morgan fingerprint density at radius 2 is 1.67 bits per heavy atom. The van der Waals surface area contributed by atoms with Gasteiger partial charge in [-0.05, 0) is 48.9 Å². The van der Waals surface area contributed by atoms with E-state index in [0.29, 0.717) is 16.1 Å². The van der Waals surface area contributed by atoms with Crippen LogP contribution in [0, 0.1) is 5.92 Å². The molecule has 1 aliphatic rings. The zero-order valence-electron chi connectivity index (χ0n) is 15.8. The van der Waals surface area contributed by atoms with E-state index in [0.717, 1.165) is 34.7 Å². The van der Waals surface area contributed by atoms with Gasteiger partial charge < -0.3 is 5.32 Å². The first-order chi connectivity index (χ1) is 12.5. The number of benzene rings is 2. The molecule has 1 aliphatic carbocycles. The minimum atomic E-state index is 0. The number of halogens is 3. The standard InChI is InChI=1S/C23H27Cl2N.ClH/c1-16(26-17(2)19-9-5-3-6-10-19)13-18-14-21(24)23(22(25)15-18)20-11-7-4-8-12-20;/h4,7-8,11-12,14-15,17,19,26H,1,3,5-6,9-10,13H2,2H3;1H. The van der Waals surface area contributed by atoms with E-state index in [1.807, 2.05) is 42.5 Å². The summed E-state index contributed by atoms with van der Waals surface area (Å²) in [5.74, 6) is 0.758. The van der Waals surface area contributed by atoms with Crippen molar-refractivity contribution in [1.29, 1.82) is 0 Å². The minimum absolute atomic E-state index is 0. The normalized spacial score (nSPS) is 15.7. The first-order valence-corrected chi connectivity index (χ1v) is 10.3. The molecule has 0 aliphatic heterocycles. The van der Waals surface area contributed by atoms with E-state index < -0.39 is 0 Å². The lowest BCUT2D eigenvalue weighted by Gasteiger charge is -2.29. The molecule has 4 heteroatoms. The van der Waals surface area contributed by atoms with Gasteiger partial charge in [0.25, 0.3) is 0 Å². The van der Waals surface area contributed by atoms with Gasteiger partial charge >= 0.3 is 0 Å². The number of nitrogens with one attached hydrogen (secondary N) is 1. The van der Waals surface area contributed by atoms with E-state index in [4.69, 9.17) is 23.2 Å². The van der Waals surface area contributed by atoms with Crippen molar-refractivity contribution >= 4 is 35.6 Å². The lowest BCUT2D eigenvalue weighted by Crippen LogP contribution is -2.34. The van der Waals surface area contributed by atoms with Gasteiger partial charge in [-0.1, -0.05) is 79.4 Å². The van der Waals surface area contributed by atoms with E-state index in [1.165, 1.54) is 32.1 Å². The average molecular weight is 425 g/mol. The van der Waals surface area contributed by atoms with Crippen LogP contribution in [0.1, 0.15) is 44.6 Å². The van der Waals surface area contributed by atoms with Gasteiger partial charge in [0, 0.05) is 23.7 Å². The maximum Gasteiger partial charge on any atom is 0.0502 e. The van der Waals surface area contributed by atoms with Crippen LogP contribution in [0.3, 0.4) is 0 Å². The van der Waals surface area contributed by atoms with E-state index >= 15 is 0 Å². The van der Waals surface area contributed by atoms with Crippen LogP contribution in [0.4, 0.5) is 0 Å². The molecule has 3 rings (SSSR count). The molecule has 1 nitrogen and oxygen atoms in total. The Kier molecular flexibility index (Phi) is 8.54. The molecule has 0 radical (unpaired) electrons. The first kappa shape index (κ1) is 22.1. The molecule has 0 bridgehead atoms. The fraction of sp³-hybridized carbons (Fsp3) is 0.391. The molecule has 27 heavy (non-hydrogen) atoms. The van der Waals surface area contributed by atoms with Crippen LogP contribution in [0.25, 0.3) is 11.1 Å². The summed E-state index contributed by atoms with van der Waals surface area (Å²) in [6.07, 6.45) is 7.49. The van der Waals surface area contributed by atoms with Gasteiger partial charge in [0.15, 0.2) is 0 Å². The summed E-state index contributed by atoms with van der Waals surface area (Å²) in [5.41, 5.74) is 4.06. The second kappa shape index (κ2) is 10.4. The van der Waals surface area contributed by atoms with Crippen molar-refractivity contribution in [3.8, 4) is 11.1 Å². The minimum Gasteiger partial charge on any atom is -0.386 e. The predicted octanol–water partition coefficient (Wildman–Crippen LogP) is 7.70. The zero-order valence-corrected chi connectivity index (χ0v) is 18.1. The summed E-state index contributed by atoms with van der Waals surface area (Å²) >= 11 is 13.1. The van der Waals surface area contributed by atoms with E-state index in [-0.39, 0.29) is 12.4 Å². The highest BCUT2D eigenvalue weighted by Gasteiger charge is 2.20. The van der Waals surface area contributed by atoms with Crippen LogP contribution < -0.4 is 5.32 Å². The van der Waals surface area contributed by atoms with Crippen molar-refractivity contribution in [2.75, 3.05) is 0 Å². The van der Waals surface area contributed by atoms with Crippen molar-refractivity contribution in [2.45, 2.75) is 51.5 Å². The molecule has 0 heterocycles. The molecule has 0 saturated heterocycles. The molecule has 2 aromatic rings. The Balaban J connectivity index is 0.00000261. The van der Waals surface area contributed by atoms with E-state index in [2.05, 4.69) is 18.8 Å². The molecular formula is C23H28Cl3N.